The maximum absolute atomic E-state index is 3.67. The van der Waals surface area contributed by atoms with E-state index in [-0.39, 0.29) is 0 Å². The molecule has 2 heteroatoms. The number of rotatable bonds is 4. The minimum absolute atomic E-state index is 0.533. The highest BCUT2D eigenvalue weighted by molar-refractivity contribution is 7.07. The molecular formula is C16H19NS. The number of nitrogens with one attached hydrogen (secondary N) is 1. The topological polar surface area (TPSA) is 12.0 Å². The normalized spacial score (nSPS) is 22.1. The molecule has 18 heavy (non-hydrogen) atoms. The third kappa shape index (κ3) is 2.23. The molecule has 1 nitrogen and oxygen atoms in total. The van der Waals surface area contributed by atoms with Gasteiger partial charge in [0.05, 0.1) is 0 Å². The van der Waals surface area contributed by atoms with Crippen LogP contribution in [0.3, 0.4) is 0 Å². The summed E-state index contributed by atoms with van der Waals surface area (Å²) in [6.07, 6.45) is 2.40. The molecule has 0 saturated heterocycles. The lowest BCUT2D eigenvalue weighted by molar-refractivity contribution is 0.394. The van der Waals surface area contributed by atoms with E-state index in [9.17, 15) is 0 Å². The summed E-state index contributed by atoms with van der Waals surface area (Å²) in [7, 11) is 0. The Balaban J connectivity index is 1.83. The molecule has 0 spiro atoms. The number of thiophene rings is 1. The molecule has 2 aromatic rings. The van der Waals surface area contributed by atoms with E-state index >= 15 is 0 Å². The molecule has 0 radical (unpaired) electrons. The first-order valence-electron chi connectivity index (χ1n) is 6.70. The molecule has 1 aliphatic carbocycles. The Morgan fingerprint density at radius 2 is 2.17 bits per heavy atom. The summed E-state index contributed by atoms with van der Waals surface area (Å²) in [5.41, 5.74) is 4.53. The van der Waals surface area contributed by atoms with Crippen molar-refractivity contribution in [3.63, 3.8) is 0 Å². The van der Waals surface area contributed by atoms with Crippen molar-refractivity contribution in [2.45, 2.75) is 25.8 Å². The predicted molar refractivity (Wildman–Crippen MR) is 78.1 cm³/mol. The van der Waals surface area contributed by atoms with Gasteiger partial charge in [0, 0.05) is 6.04 Å². The molecule has 0 amide bonds. The fourth-order valence-electron chi connectivity index (χ4n) is 3.08. The van der Waals surface area contributed by atoms with Crippen molar-refractivity contribution in [2.24, 2.45) is 5.92 Å². The van der Waals surface area contributed by atoms with Crippen LogP contribution in [0.15, 0.2) is 41.1 Å². The molecular weight excluding hydrogens is 238 g/mol. The summed E-state index contributed by atoms with van der Waals surface area (Å²) in [4.78, 5) is 0. The molecule has 1 aromatic heterocycles. The van der Waals surface area contributed by atoms with Gasteiger partial charge in [-0.2, -0.15) is 11.3 Å². The second-order valence-corrected chi connectivity index (χ2v) is 5.81. The smallest absolute Gasteiger partial charge is 0.0357 e. The minimum atomic E-state index is 0.533. The molecule has 2 unspecified atom stereocenters. The average molecular weight is 257 g/mol. The highest BCUT2D eigenvalue weighted by Crippen LogP contribution is 2.37. The van der Waals surface area contributed by atoms with E-state index in [1.807, 2.05) is 0 Å². The second kappa shape index (κ2) is 5.25. The number of hydrogen-bond donors (Lipinski definition) is 1. The lowest BCUT2D eigenvalue weighted by Crippen LogP contribution is -2.26. The van der Waals surface area contributed by atoms with Gasteiger partial charge in [-0.05, 0) is 58.8 Å². The van der Waals surface area contributed by atoms with Crippen LogP contribution in [-0.2, 0) is 12.8 Å². The van der Waals surface area contributed by atoms with Crippen LogP contribution < -0.4 is 5.32 Å². The highest BCUT2D eigenvalue weighted by Gasteiger charge is 2.31. The van der Waals surface area contributed by atoms with Crippen LogP contribution in [0.5, 0.6) is 0 Å². The van der Waals surface area contributed by atoms with Gasteiger partial charge in [0.25, 0.3) is 0 Å². The zero-order valence-electron chi connectivity index (χ0n) is 10.7. The lowest BCUT2D eigenvalue weighted by atomic mass is 9.94. The first-order valence-corrected chi connectivity index (χ1v) is 7.65. The summed E-state index contributed by atoms with van der Waals surface area (Å²) in [5.74, 6) is 0.706. The first kappa shape index (κ1) is 11.9. The first-order chi connectivity index (χ1) is 8.88. The molecule has 1 aromatic carbocycles. The molecule has 1 N–H and O–H groups in total. The van der Waals surface area contributed by atoms with Crippen molar-refractivity contribution >= 4 is 11.3 Å². The van der Waals surface area contributed by atoms with Gasteiger partial charge in [0.1, 0.15) is 0 Å². The van der Waals surface area contributed by atoms with E-state index in [0.29, 0.717) is 12.0 Å². The maximum atomic E-state index is 3.67. The van der Waals surface area contributed by atoms with Crippen molar-refractivity contribution in [2.75, 3.05) is 6.54 Å². The Morgan fingerprint density at radius 3 is 2.94 bits per heavy atom. The summed E-state index contributed by atoms with van der Waals surface area (Å²) < 4.78 is 0. The van der Waals surface area contributed by atoms with Crippen LogP contribution in [-0.4, -0.2) is 6.54 Å². The highest BCUT2D eigenvalue weighted by atomic mass is 32.1. The average Bonchev–Trinajstić information content (AvgIpc) is 3.00. The molecule has 0 bridgehead atoms. The third-order valence-electron chi connectivity index (χ3n) is 3.85. The van der Waals surface area contributed by atoms with Crippen molar-refractivity contribution in [1.82, 2.24) is 5.32 Å². The van der Waals surface area contributed by atoms with E-state index in [0.717, 1.165) is 6.54 Å². The standard InChI is InChI=1S/C16H19NS/c1-2-17-16-14(9-12-7-8-18-11-12)10-13-5-3-4-6-15(13)16/h3-8,11,14,16-17H,2,9-10H2,1H3. The molecule has 0 aliphatic heterocycles. The summed E-state index contributed by atoms with van der Waals surface area (Å²) in [6.45, 7) is 3.24. The van der Waals surface area contributed by atoms with Gasteiger partial charge in [-0.25, -0.2) is 0 Å². The third-order valence-corrected chi connectivity index (χ3v) is 4.58. The van der Waals surface area contributed by atoms with E-state index < -0.39 is 0 Å². The van der Waals surface area contributed by atoms with Crippen LogP contribution in [0, 0.1) is 5.92 Å². The molecule has 0 fully saturated rings. The largest absolute Gasteiger partial charge is 0.310 e. The van der Waals surface area contributed by atoms with Gasteiger partial charge >= 0.3 is 0 Å². The van der Waals surface area contributed by atoms with E-state index in [4.69, 9.17) is 0 Å². The maximum Gasteiger partial charge on any atom is 0.0357 e. The quantitative estimate of drug-likeness (QED) is 0.878. The number of benzene rings is 1. The fraction of sp³-hybridized carbons (Fsp3) is 0.375. The van der Waals surface area contributed by atoms with Crippen molar-refractivity contribution in [3.05, 3.63) is 57.8 Å². The number of fused-ring (bicyclic) bond motifs is 1. The van der Waals surface area contributed by atoms with Gasteiger partial charge in [0.15, 0.2) is 0 Å². The zero-order chi connectivity index (χ0) is 12.4. The Bertz CT molecular complexity index is 502. The summed E-state index contributed by atoms with van der Waals surface area (Å²) in [5, 5.41) is 8.13. The molecule has 0 saturated carbocycles. The number of hydrogen-bond acceptors (Lipinski definition) is 2. The lowest BCUT2D eigenvalue weighted by Gasteiger charge is -2.21. The molecule has 1 heterocycles. The predicted octanol–water partition coefficient (Wildman–Crippen LogP) is 3.81. The molecule has 2 atom stereocenters. The van der Waals surface area contributed by atoms with Gasteiger partial charge in [-0.1, -0.05) is 31.2 Å². The van der Waals surface area contributed by atoms with Crippen LogP contribution in [0.2, 0.25) is 0 Å². The Labute approximate surface area is 113 Å². The molecule has 1 aliphatic rings. The van der Waals surface area contributed by atoms with E-state index in [1.54, 1.807) is 11.3 Å². The van der Waals surface area contributed by atoms with Crippen molar-refractivity contribution in [1.29, 1.82) is 0 Å². The Hall–Kier alpha value is -1.12. The summed E-state index contributed by atoms with van der Waals surface area (Å²) in [6, 6.07) is 11.7. The molecule has 3 rings (SSSR count). The fourth-order valence-corrected chi connectivity index (χ4v) is 3.76. The minimum Gasteiger partial charge on any atom is -0.310 e. The van der Waals surface area contributed by atoms with Crippen LogP contribution in [0.25, 0.3) is 0 Å². The monoisotopic (exact) mass is 257 g/mol. The zero-order valence-corrected chi connectivity index (χ0v) is 11.5. The SMILES string of the molecule is CCNC1c2ccccc2CC1Cc1ccsc1. The van der Waals surface area contributed by atoms with E-state index in [2.05, 4.69) is 53.3 Å². The Morgan fingerprint density at radius 1 is 1.28 bits per heavy atom. The van der Waals surface area contributed by atoms with Gasteiger partial charge in [-0.15, -0.1) is 0 Å². The van der Waals surface area contributed by atoms with Gasteiger partial charge in [-0.3, -0.25) is 0 Å². The summed E-state index contributed by atoms with van der Waals surface area (Å²) >= 11 is 1.80. The van der Waals surface area contributed by atoms with Crippen LogP contribution in [0.4, 0.5) is 0 Å². The van der Waals surface area contributed by atoms with Crippen molar-refractivity contribution < 1.29 is 0 Å². The van der Waals surface area contributed by atoms with Crippen molar-refractivity contribution in [3.8, 4) is 0 Å². The van der Waals surface area contributed by atoms with Gasteiger partial charge in [0.2, 0.25) is 0 Å². The second-order valence-electron chi connectivity index (χ2n) is 5.03. The van der Waals surface area contributed by atoms with Crippen LogP contribution >= 0.6 is 11.3 Å². The Kier molecular flexibility index (Phi) is 3.48. The van der Waals surface area contributed by atoms with Gasteiger partial charge < -0.3 is 5.32 Å². The van der Waals surface area contributed by atoms with E-state index in [1.165, 1.54) is 29.5 Å². The molecule has 94 valence electrons. The van der Waals surface area contributed by atoms with Crippen LogP contribution in [0.1, 0.15) is 29.7 Å².